The molecule has 9 heteroatoms. The van der Waals surface area contributed by atoms with E-state index in [0.29, 0.717) is 16.7 Å². The lowest BCUT2D eigenvalue weighted by Crippen LogP contribution is -1.96. The van der Waals surface area contributed by atoms with Crippen LogP contribution in [0.2, 0.25) is 0 Å². The molecule has 0 saturated heterocycles. The van der Waals surface area contributed by atoms with E-state index in [-0.39, 0.29) is 22.6 Å². The molecule has 0 N–H and O–H groups in total. The minimum absolute atomic E-state index is 0.168. The normalized spacial score (nSPS) is 10.4. The van der Waals surface area contributed by atoms with Crippen molar-refractivity contribution in [2.75, 3.05) is 0 Å². The van der Waals surface area contributed by atoms with E-state index in [4.69, 9.17) is 0 Å². The molecule has 27 heavy (non-hydrogen) atoms. The Kier molecular flexibility index (Phi) is 4.58. The molecule has 3 aromatic rings. The van der Waals surface area contributed by atoms with Crippen LogP contribution in [0.15, 0.2) is 66.7 Å². The van der Waals surface area contributed by atoms with Gasteiger partial charge in [0.05, 0.1) is 20.3 Å². The molecule has 3 rings (SSSR count). The average Bonchev–Trinajstić information content (AvgIpc) is 2.67. The van der Waals surface area contributed by atoms with Gasteiger partial charge in [0.1, 0.15) is 0 Å². The molecule has 0 amide bonds. The lowest BCUT2D eigenvalue weighted by Gasteiger charge is -2.11. The molecule has 0 aliphatic heterocycles. The molecule has 0 fully saturated rings. The number of nitro groups is 3. The van der Waals surface area contributed by atoms with E-state index in [1.54, 1.807) is 12.1 Å². The molecule has 0 atom stereocenters. The van der Waals surface area contributed by atoms with Gasteiger partial charge in [0.2, 0.25) is 0 Å². The van der Waals surface area contributed by atoms with Gasteiger partial charge in [-0.1, -0.05) is 24.3 Å². The van der Waals surface area contributed by atoms with Gasteiger partial charge in [-0.25, -0.2) is 0 Å². The maximum absolute atomic E-state index is 11.4. The SMILES string of the molecule is O=[N+]([O-])c1cccc(-c2cc([N+](=O)[O-])ccc2-c2ccccc2[N+](=O)[O-])c1. The summed E-state index contributed by atoms with van der Waals surface area (Å²) in [6.07, 6.45) is 0. The highest BCUT2D eigenvalue weighted by atomic mass is 16.6. The Balaban J connectivity index is 2.31. The van der Waals surface area contributed by atoms with Crippen molar-refractivity contribution in [3.05, 3.63) is 97.1 Å². The highest BCUT2D eigenvalue weighted by Crippen LogP contribution is 2.39. The summed E-state index contributed by atoms with van der Waals surface area (Å²) in [6.45, 7) is 0. The molecule has 0 spiro atoms. The third-order valence-corrected chi connectivity index (χ3v) is 3.97. The van der Waals surface area contributed by atoms with Crippen molar-refractivity contribution in [1.82, 2.24) is 0 Å². The van der Waals surface area contributed by atoms with Crippen LogP contribution in [0.25, 0.3) is 22.3 Å². The molecule has 0 heterocycles. The second-order valence-electron chi connectivity index (χ2n) is 5.57. The summed E-state index contributed by atoms with van der Waals surface area (Å²) >= 11 is 0. The largest absolute Gasteiger partial charge is 0.277 e. The zero-order chi connectivity index (χ0) is 19.6. The molecule has 0 aliphatic carbocycles. The van der Waals surface area contributed by atoms with E-state index in [9.17, 15) is 30.3 Å². The van der Waals surface area contributed by atoms with Crippen molar-refractivity contribution in [2.45, 2.75) is 0 Å². The predicted octanol–water partition coefficient (Wildman–Crippen LogP) is 4.75. The van der Waals surface area contributed by atoms with Crippen molar-refractivity contribution in [2.24, 2.45) is 0 Å². The summed E-state index contributed by atoms with van der Waals surface area (Å²) in [5.41, 5.74) is 0.694. The standard InChI is InChI=1S/C18H11N3O6/c22-19(23)13-5-3-4-12(10-13)17-11-14(20(24)25)8-9-15(17)16-6-1-2-7-18(16)21(26)27/h1-11H. The van der Waals surface area contributed by atoms with Gasteiger partial charge in [-0.2, -0.15) is 0 Å². The molecular formula is C18H11N3O6. The van der Waals surface area contributed by atoms with Crippen LogP contribution in [-0.2, 0) is 0 Å². The van der Waals surface area contributed by atoms with E-state index in [0.717, 1.165) is 0 Å². The fourth-order valence-corrected chi connectivity index (χ4v) is 2.77. The quantitative estimate of drug-likeness (QED) is 0.474. The van der Waals surface area contributed by atoms with Gasteiger partial charge < -0.3 is 0 Å². The maximum atomic E-state index is 11.4. The number of hydrogen-bond donors (Lipinski definition) is 0. The van der Waals surface area contributed by atoms with E-state index in [1.807, 2.05) is 0 Å². The minimum atomic E-state index is -0.593. The first-order valence-electron chi connectivity index (χ1n) is 7.65. The fourth-order valence-electron chi connectivity index (χ4n) is 2.77. The van der Waals surface area contributed by atoms with Crippen molar-refractivity contribution in [3.8, 4) is 22.3 Å². The molecule has 0 saturated carbocycles. The number of nitro benzene ring substituents is 3. The molecule has 0 aliphatic rings. The number of hydrogen-bond acceptors (Lipinski definition) is 6. The Hall–Kier alpha value is -4.14. The zero-order valence-corrected chi connectivity index (χ0v) is 13.6. The van der Waals surface area contributed by atoms with Crippen LogP contribution in [0.5, 0.6) is 0 Å². The van der Waals surface area contributed by atoms with Crippen molar-refractivity contribution in [3.63, 3.8) is 0 Å². The summed E-state index contributed by atoms with van der Waals surface area (Å²) in [5.74, 6) is 0. The lowest BCUT2D eigenvalue weighted by molar-refractivity contribution is -0.385. The molecule has 134 valence electrons. The van der Waals surface area contributed by atoms with Gasteiger partial charge in [0, 0.05) is 30.3 Å². The summed E-state index contributed by atoms with van der Waals surface area (Å²) in [7, 11) is 0. The second-order valence-corrected chi connectivity index (χ2v) is 5.57. The Labute approximate surface area is 152 Å². The number of rotatable bonds is 5. The van der Waals surface area contributed by atoms with E-state index in [2.05, 4.69) is 0 Å². The molecule has 0 bridgehead atoms. The third-order valence-electron chi connectivity index (χ3n) is 3.97. The first kappa shape index (κ1) is 17.7. The first-order valence-corrected chi connectivity index (χ1v) is 7.65. The minimum Gasteiger partial charge on any atom is -0.258 e. The highest BCUT2D eigenvalue weighted by Gasteiger charge is 2.21. The second kappa shape index (κ2) is 7.00. The van der Waals surface area contributed by atoms with Crippen LogP contribution in [-0.4, -0.2) is 14.8 Å². The number of non-ortho nitro benzene ring substituents is 2. The Bertz CT molecular complexity index is 1080. The topological polar surface area (TPSA) is 129 Å². The van der Waals surface area contributed by atoms with Crippen LogP contribution in [0.3, 0.4) is 0 Å². The molecule has 0 aromatic heterocycles. The zero-order valence-electron chi connectivity index (χ0n) is 13.6. The van der Waals surface area contributed by atoms with Gasteiger partial charge in [-0.15, -0.1) is 0 Å². The van der Waals surface area contributed by atoms with E-state index >= 15 is 0 Å². The van der Waals surface area contributed by atoms with Gasteiger partial charge in [0.15, 0.2) is 0 Å². The molecular weight excluding hydrogens is 354 g/mol. The Morgan fingerprint density at radius 3 is 1.89 bits per heavy atom. The van der Waals surface area contributed by atoms with E-state index < -0.39 is 14.8 Å². The summed E-state index contributed by atoms with van der Waals surface area (Å²) in [5, 5.41) is 33.6. The maximum Gasteiger partial charge on any atom is 0.277 e. The average molecular weight is 365 g/mol. The monoisotopic (exact) mass is 365 g/mol. The number of para-hydroxylation sites is 1. The van der Waals surface area contributed by atoms with Crippen molar-refractivity contribution in [1.29, 1.82) is 0 Å². The van der Waals surface area contributed by atoms with Crippen LogP contribution < -0.4 is 0 Å². The Morgan fingerprint density at radius 2 is 1.22 bits per heavy atom. The molecule has 0 radical (unpaired) electrons. The van der Waals surface area contributed by atoms with Crippen molar-refractivity contribution < 1.29 is 14.8 Å². The Morgan fingerprint density at radius 1 is 0.556 bits per heavy atom. The molecule has 3 aromatic carbocycles. The highest BCUT2D eigenvalue weighted by molar-refractivity contribution is 5.89. The summed E-state index contributed by atoms with van der Waals surface area (Å²) in [6, 6.07) is 15.5. The van der Waals surface area contributed by atoms with Crippen LogP contribution >= 0.6 is 0 Å². The van der Waals surface area contributed by atoms with E-state index in [1.165, 1.54) is 54.6 Å². The van der Waals surface area contributed by atoms with Gasteiger partial charge >= 0.3 is 0 Å². The van der Waals surface area contributed by atoms with Gasteiger partial charge in [-0.3, -0.25) is 30.3 Å². The fraction of sp³-hybridized carbons (Fsp3) is 0. The third kappa shape index (κ3) is 3.47. The van der Waals surface area contributed by atoms with Gasteiger partial charge in [-0.05, 0) is 28.8 Å². The molecule has 9 nitrogen and oxygen atoms in total. The summed E-state index contributed by atoms with van der Waals surface area (Å²) in [4.78, 5) is 31.9. The summed E-state index contributed by atoms with van der Waals surface area (Å²) < 4.78 is 0. The van der Waals surface area contributed by atoms with Crippen LogP contribution in [0.4, 0.5) is 17.1 Å². The lowest BCUT2D eigenvalue weighted by atomic mass is 9.93. The predicted molar refractivity (Wildman–Crippen MR) is 97.3 cm³/mol. The number of benzene rings is 3. The van der Waals surface area contributed by atoms with Gasteiger partial charge in [0.25, 0.3) is 17.1 Å². The van der Waals surface area contributed by atoms with Crippen LogP contribution in [0, 0.1) is 30.3 Å². The first-order chi connectivity index (χ1) is 12.9. The smallest absolute Gasteiger partial charge is 0.258 e. The van der Waals surface area contributed by atoms with Crippen LogP contribution in [0.1, 0.15) is 0 Å². The number of nitrogens with zero attached hydrogens (tertiary/aromatic N) is 3. The van der Waals surface area contributed by atoms with Crippen molar-refractivity contribution >= 4 is 17.1 Å². The molecule has 0 unspecified atom stereocenters.